The van der Waals surface area contributed by atoms with E-state index in [9.17, 15) is 4.79 Å². The van der Waals surface area contributed by atoms with Gasteiger partial charge < -0.3 is 9.30 Å². The van der Waals surface area contributed by atoms with E-state index in [1.807, 2.05) is 23.6 Å². The lowest BCUT2D eigenvalue weighted by Gasteiger charge is -2.07. The zero-order valence-corrected chi connectivity index (χ0v) is 12.5. The lowest BCUT2D eigenvalue weighted by Crippen LogP contribution is -2.08. The van der Waals surface area contributed by atoms with Gasteiger partial charge in [0.25, 0.3) is 0 Å². The molecule has 0 unspecified atom stereocenters. The Kier molecular flexibility index (Phi) is 4.95. The fourth-order valence-corrected chi connectivity index (χ4v) is 2.30. The molecule has 0 aliphatic heterocycles. The molecule has 0 atom stereocenters. The van der Waals surface area contributed by atoms with Crippen molar-refractivity contribution in [2.75, 3.05) is 6.61 Å². The number of hydrogen-bond acceptors (Lipinski definition) is 4. The number of alkyl halides is 1. The minimum Gasteiger partial charge on any atom is -0.466 e. The Bertz CT molecular complexity index is 610. The van der Waals surface area contributed by atoms with Crippen LogP contribution in [0, 0.1) is 6.92 Å². The largest absolute Gasteiger partial charge is 0.466 e. The van der Waals surface area contributed by atoms with E-state index in [0.29, 0.717) is 31.9 Å². The first kappa shape index (κ1) is 14.8. The molecule has 2 heterocycles. The minimum absolute atomic E-state index is 0.173. The number of ether oxygens (including phenoxy) is 1. The predicted octanol–water partition coefficient (Wildman–Crippen LogP) is 2.82. The maximum Gasteiger partial charge on any atom is 0.305 e. The van der Waals surface area contributed by atoms with Gasteiger partial charge in [-0.15, -0.1) is 11.6 Å². The average Bonchev–Trinajstić information content (AvgIpc) is 2.77. The van der Waals surface area contributed by atoms with E-state index < -0.39 is 0 Å². The molecule has 0 N–H and O–H groups in total. The van der Waals surface area contributed by atoms with Gasteiger partial charge in [0, 0.05) is 18.7 Å². The molecular formula is C14H18ClN3O2. The zero-order valence-electron chi connectivity index (χ0n) is 11.7. The highest BCUT2D eigenvalue weighted by Gasteiger charge is 2.12. The number of aromatic nitrogens is 3. The molecule has 0 aliphatic carbocycles. The lowest BCUT2D eigenvalue weighted by molar-refractivity contribution is -0.143. The van der Waals surface area contributed by atoms with Crippen molar-refractivity contribution in [2.24, 2.45) is 0 Å². The second-order valence-electron chi connectivity index (χ2n) is 4.52. The molecule has 0 radical (unpaired) electrons. The Morgan fingerprint density at radius 2 is 2.20 bits per heavy atom. The van der Waals surface area contributed by atoms with Gasteiger partial charge in [-0.25, -0.2) is 9.97 Å². The van der Waals surface area contributed by atoms with Crippen molar-refractivity contribution < 1.29 is 9.53 Å². The van der Waals surface area contributed by atoms with Gasteiger partial charge in [0.1, 0.15) is 11.3 Å². The van der Waals surface area contributed by atoms with Crippen LogP contribution in [-0.4, -0.2) is 27.1 Å². The average molecular weight is 296 g/mol. The minimum atomic E-state index is -0.173. The molecule has 20 heavy (non-hydrogen) atoms. The van der Waals surface area contributed by atoms with Crippen molar-refractivity contribution in [3.63, 3.8) is 0 Å². The summed E-state index contributed by atoms with van der Waals surface area (Å²) in [5, 5.41) is 0. The molecule has 2 aromatic heterocycles. The standard InChI is InChI=1S/C14H18ClN3O2/c1-3-20-13(19)5-4-8-18-12(9-15)17-11-7-6-10(2)16-14(11)18/h6-7H,3-5,8-9H2,1-2H3. The SMILES string of the molecule is CCOC(=O)CCCn1c(CCl)nc2ccc(C)nc21. The Morgan fingerprint density at radius 1 is 1.40 bits per heavy atom. The molecule has 0 aromatic carbocycles. The number of hydrogen-bond donors (Lipinski definition) is 0. The molecule has 0 spiro atoms. The second kappa shape index (κ2) is 6.70. The van der Waals surface area contributed by atoms with E-state index in [1.54, 1.807) is 6.92 Å². The lowest BCUT2D eigenvalue weighted by atomic mass is 10.3. The third kappa shape index (κ3) is 3.28. The Balaban J connectivity index is 2.15. The van der Waals surface area contributed by atoms with E-state index in [0.717, 1.165) is 22.7 Å². The van der Waals surface area contributed by atoms with Crippen molar-refractivity contribution in [1.82, 2.24) is 14.5 Å². The molecule has 0 saturated heterocycles. The summed E-state index contributed by atoms with van der Waals surface area (Å²) in [6.45, 7) is 4.82. The fourth-order valence-electron chi connectivity index (χ4n) is 2.09. The summed E-state index contributed by atoms with van der Waals surface area (Å²) in [5.74, 6) is 0.937. The van der Waals surface area contributed by atoms with Crippen LogP contribution in [0.3, 0.4) is 0 Å². The second-order valence-corrected chi connectivity index (χ2v) is 4.78. The van der Waals surface area contributed by atoms with Crippen LogP contribution in [0.25, 0.3) is 11.2 Å². The number of nitrogens with zero attached hydrogens (tertiary/aromatic N) is 3. The van der Waals surface area contributed by atoms with E-state index >= 15 is 0 Å². The van der Waals surface area contributed by atoms with Gasteiger partial charge in [-0.2, -0.15) is 0 Å². The first-order chi connectivity index (χ1) is 9.65. The quantitative estimate of drug-likeness (QED) is 0.607. The molecule has 0 bridgehead atoms. The third-order valence-corrected chi connectivity index (χ3v) is 3.24. The maximum absolute atomic E-state index is 11.4. The van der Waals surface area contributed by atoms with E-state index in [4.69, 9.17) is 16.3 Å². The zero-order chi connectivity index (χ0) is 14.5. The Morgan fingerprint density at radius 3 is 2.90 bits per heavy atom. The number of aryl methyl sites for hydroxylation is 2. The highest BCUT2D eigenvalue weighted by atomic mass is 35.5. The summed E-state index contributed by atoms with van der Waals surface area (Å²) in [6, 6.07) is 3.87. The molecule has 2 rings (SSSR count). The highest BCUT2D eigenvalue weighted by molar-refractivity contribution is 6.16. The number of carbonyl (C=O) groups is 1. The first-order valence-electron chi connectivity index (χ1n) is 6.70. The Labute approximate surface area is 122 Å². The Hall–Kier alpha value is -1.62. The number of pyridine rings is 1. The summed E-state index contributed by atoms with van der Waals surface area (Å²) in [5.41, 5.74) is 2.59. The molecule has 0 fully saturated rings. The smallest absolute Gasteiger partial charge is 0.305 e. The normalized spacial score (nSPS) is 10.9. The van der Waals surface area contributed by atoms with Gasteiger partial charge in [-0.1, -0.05) is 0 Å². The van der Waals surface area contributed by atoms with Crippen LogP contribution in [0.4, 0.5) is 0 Å². The summed E-state index contributed by atoms with van der Waals surface area (Å²) in [4.78, 5) is 20.3. The topological polar surface area (TPSA) is 57.0 Å². The van der Waals surface area contributed by atoms with Gasteiger partial charge >= 0.3 is 5.97 Å². The van der Waals surface area contributed by atoms with Crippen LogP contribution >= 0.6 is 11.6 Å². The van der Waals surface area contributed by atoms with Crippen molar-refractivity contribution >= 4 is 28.7 Å². The van der Waals surface area contributed by atoms with Crippen molar-refractivity contribution in [3.05, 3.63) is 23.7 Å². The molecule has 108 valence electrons. The molecule has 6 heteroatoms. The molecule has 0 amide bonds. The summed E-state index contributed by atoms with van der Waals surface area (Å²) < 4.78 is 6.90. The monoisotopic (exact) mass is 295 g/mol. The van der Waals surface area contributed by atoms with Crippen LogP contribution in [0.5, 0.6) is 0 Å². The van der Waals surface area contributed by atoms with Gasteiger partial charge in [-0.3, -0.25) is 4.79 Å². The van der Waals surface area contributed by atoms with E-state index in [1.165, 1.54) is 0 Å². The predicted molar refractivity (Wildman–Crippen MR) is 77.7 cm³/mol. The molecule has 0 aliphatic rings. The number of imidazole rings is 1. The number of carbonyl (C=O) groups excluding carboxylic acids is 1. The van der Waals surface area contributed by atoms with Crippen molar-refractivity contribution in [3.8, 4) is 0 Å². The van der Waals surface area contributed by atoms with Crippen LogP contribution < -0.4 is 0 Å². The number of esters is 1. The number of halogens is 1. The third-order valence-electron chi connectivity index (χ3n) is 3.00. The molecule has 0 saturated carbocycles. The number of fused-ring (bicyclic) bond motifs is 1. The number of rotatable bonds is 6. The van der Waals surface area contributed by atoms with Crippen molar-refractivity contribution in [1.29, 1.82) is 0 Å². The maximum atomic E-state index is 11.4. The van der Waals surface area contributed by atoms with Crippen LogP contribution in [0.15, 0.2) is 12.1 Å². The van der Waals surface area contributed by atoms with Gasteiger partial charge in [-0.05, 0) is 32.4 Å². The van der Waals surface area contributed by atoms with E-state index in [-0.39, 0.29) is 5.97 Å². The summed E-state index contributed by atoms with van der Waals surface area (Å²) >= 11 is 5.93. The molecule has 5 nitrogen and oxygen atoms in total. The molecular weight excluding hydrogens is 278 g/mol. The molecule has 2 aromatic rings. The van der Waals surface area contributed by atoms with Crippen molar-refractivity contribution in [2.45, 2.75) is 39.1 Å². The van der Waals surface area contributed by atoms with Crippen LogP contribution in [0.1, 0.15) is 31.3 Å². The van der Waals surface area contributed by atoms with Crippen LogP contribution in [0.2, 0.25) is 0 Å². The van der Waals surface area contributed by atoms with E-state index in [2.05, 4.69) is 9.97 Å². The first-order valence-corrected chi connectivity index (χ1v) is 7.23. The summed E-state index contributed by atoms with van der Waals surface area (Å²) in [6.07, 6.45) is 1.07. The van der Waals surface area contributed by atoms with Gasteiger partial charge in [0.05, 0.1) is 12.5 Å². The fraction of sp³-hybridized carbons (Fsp3) is 0.500. The van der Waals surface area contributed by atoms with Crippen LogP contribution in [-0.2, 0) is 22.0 Å². The van der Waals surface area contributed by atoms with Gasteiger partial charge in [0.2, 0.25) is 0 Å². The summed E-state index contributed by atoms with van der Waals surface area (Å²) in [7, 11) is 0. The highest BCUT2D eigenvalue weighted by Crippen LogP contribution is 2.17. The van der Waals surface area contributed by atoms with Gasteiger partial charge in [0.15, 0.2) is 5.65 Å².